The molecular weight excluding hydrogens is 208 g/mol. The lowest BCUT2D eigenvalue weighted by Gasteiger charge is -2.20. The first-order valence-electron chi connectivity index (χ1n) is 5.37. The Hall–Kier alpha value is -1.32. The van der Waals surface area contributed by atoms with E-state index in [4.69, 9.17) is 9.84 Å². The van der Waals surface area contributed by atoms with Gasteiger partial charge in [-0.05, 0) is 33.1 Å². The summed E-state index contributed by atoms with van der Waals surface area (Å²) >= 11 is 0. The van der Waals surface area contributed by atoms with Gasteiger partial charge in [-0.1, -0.05) is 13.0 Å². The second kappa shape index (κ2) is 6.30. The molecule has 92 valence electrons. The second-order valence-corrected chi connectivity index (χ2v) is 4.66. The summed E-state index contributed by atoms with van der Waals surface area (Å²) < 4.78 is 5.16. The van der Waals surface area contributed by atoms with Crippen molar-refractivity contribution < 1.29 is 19.4 Å². The number of ether oxygens (including phenoxy) is 1. The van der Waals surface area contributed by atoms with E-state index in [9.17, 15) is 9.59 Å². The summed E-state index contributed by atoms with van der Waals surface area (Å²) in [6.45, 7) is 7.32. The lowest BCUT2D eigenvalue weighted by molar-refractivity contribution is -0.155. The maximum Gasteiger partial charge on any atom is 0.327 e. The molecule has 0 aliphatic carbocycles. The number of aliphatic carboxylic acids is 1. The number of carbonyl (C=O) groups excluding carboxylic acids is 1. The summed E-state index contributed by atoms with van der Waals surface area (Å²) in [6, 6.07) is 0. The first kappa shape index (κ1) is 14.7. The highest BCUT2D eigenvalue weighted by Gasteiger charge is 2.18. The molecule has 0 radical (unpaired) electrons. The fourth-order valence-electron chi connectivity index (χ4n) is 1.16. The molecule has 16 heavy (non-hydrogen) atoms. The molecule has 1 atom stereocenters. The van der Waals surface area contributed by atoms with Crippen LogP contribution in [0, 0.1) is 5.92 Å². The van der Waals surface area contributed by atoms with Crippen LogP contribution in [0.4, 0.5) is 0 Å². The largest absolute Gasteiger partial charge is 0.478 e. The molecule has 0 unspecified atom stereocenters. The second-order valence-electron chi connectivity index (χ2n) is 4.66. The zero-order valence-corrected chi connectivity index (χ0v) is 10.3. The summed E-state index contributed by atoms with van der Waals surface area (Å²) in [5.41, 5.74) is -0.494. The highest BCUT2D eigenvalue weighted by molar-refractivity contribution is 5.80. The standard InChI is InChI=1S/C12H20O4/c1-5-9(6-7-10(13)14)8-11(15)16-12(2,3)4/h6-7,9H,5,8H2,1-4H3,(H,13,14)/b7-6+/t9-/m0/s1. The van der Waals surface area contributed by atoms with Gasteiger partial charge in [0.05, 0.1) is 6.42 Å². The summed E-state index contributed by atoms with van der Waals surface area (Å²) in [5.74, 6) is -1.37. The Morgan fingerprint density at radius 1 is 1.38 bits per heavy atom. The summed E-state index contributed by atoms with van der Waals surface area (Å²) in [7, 11) is 0. The Balaban J connectivity index is 4.23. The van der Waals surface area contributed by atoms with Crippen LogP contribution in [0.3, 0.4) is 0 Å². The molecule has 4 nitrogen and oxygen atoms in total. The predicted octanol–water partition coefficient (Wildman–Crippen LogP) is 2.39. The van der Waals surface area contributed by atoms with E-state index in [2.05, 4.69) is 0 Å². The van der Waals surface area contributed by atoms with Gasteiger partial charge in [0.25, 0.3) is 0 Å². The molecule has 0 amide bonds. The van der Waals surface area contributed by atoms with E-state index in [0.29, 0.717) is 6.42 Å². The van der Waals surface area contributed by atoms with Gasteiger partial charge < -0.3 is 9.84 Å². The van der Waals surface area contributed by atoms with E-state index >= 15 is 0 Å². The summed E-state index contributed by atoms with van der Waals surface area (Å²) in [5, 5.41) is 8.48. The zero-order chi connectivity index (χ0) is 12.8. The minimum Gasteiger partial charge on any atom is -0.478 e. The van der Waals surface area contributed by atoms with Crippen LogP contribution in [0.15, 0.2) is 12.2 Å². The van der Waals surface area contributed by atoms with Crippen molar-refractivity contribution >= 4 is 11.9 Å². The molecule has 0 bridgehead atoms. The van der Waals surface area contributed by atoms with Gasteiger partial charge in [0.2, 0.25) is 0 Å². The molecule has 4 heteroatoms. The van der Waals surface area contributed by atoms with Gasteiger partial charge in [-0.3, -0.25) is 4.79 Å². The molecule has 0 aromatic heterocycles. The van der Waals surface area contributed by atoms with E-state index in [-0.39, 0.29) is 18.3 Å². The van der Waals surface area contributed by atoms with Crippen molar-refractivity contribution in [1.82, 2.24) is 0 Å². The van der Waals surface area contributed by atoms with Gasteiger partial charge in [-0.15, -0.1) is 0 Å². The predicted molar refractivity (Wildman–Crippen MR) is 61.0 cm³/mol. The lowest BCUT2D eigenvalue weighted by atomic mass is 10.0. The van der Waals surface area contributed by atoms with Crippen LogP contribution in [-0.2, 0) is 14.3 Å². The van der Waals surface area contributed by atoms with Crippen molar-refractivity contribution in [2.75, 3.05) is 0 Å². The van der Waals surface area contributed by atoms with Crippen molar-refractivity contribution in [3.63, 3.8) is 0 Å². The Morgan fingerprint density at radius 3 is 2.31 bits per heavy atom. The van der Waals surface area contributed by atoms with Crippen LogP contribution in [0.5, 0.6) is 0 Å². The highest BCUT2D eigenvalue weighted by Crippen LogP contribution is 2.15. The quantitative estimate of drug-likeness (QED) is 0.579. The van der Waals surface area contributed by atoms with Crippen molar-refractivity contribution in [2.45, 2.75) is 46.1 Å². The van der Waals surface area contributed by atoms with E-state index < -0.39 is 11.6 Å². The third kappa shape index (κ3) is 8.03. The van der Waals surface area contributed by atoms with Gasteiger partial charge in [0.15, 0.2) is 0 Å². The molecule has 0 spiro atoms. The molecule has 0 rings (SSSR count). The molecule has 0 aromatic rings. The third-order valence-corrected chi connectivity index (χ3v) is 1.88. The number of hydrogen-bond donors (Lipinski definition) is 1. The molecule has 0 heterocycles. The molecule has 0 aromatic carbocycles. The summed E-state index contributed by atoms with van der Waals surface area (Å²) in [6.07, 6.45) is 3.53. The van der Waals surface area contributed by atoms with Crippen molar-refractivity contribution in [1.29, 1.82) is 0 Å². The van der Waals surface area contributed by atoms with Crippen molar-refractivity contribution in [3.8, 4) is 0 Å². The molecule has 0 saturated carbocycles. The fraction of sp³-hybridized carbons (Fsp3) is 0.667. The van der Waals surface area contributed by atoms with Gasteiger partial charge in [0, 0.05) is 6.08 Å². The van der Waals surface area contributed by atoms with Crippen molar-refractivity contribution in [3.05, 3.63) is 12.2 Å². The van der Waals surface area contributed by atoms with Crippen LogP contribution in [-0.4, -0.2) is 22.6 Å². The molecule has 1 N–H and O–H groups in total. The van der Waals surface area contributed by atoms with Gasteiger partial charge in [-0.25, -0.2) is 4.79 Å². The number of allylic oxidation sites excluding steroid dienone is 1. The third-order valence-electron chi connectivity index (χ3n) is 1.88. The lowest BCUT2D eigenvalue weighted by Crippen LogP contribution is -2.25. The van der Waals surface area contributed by atoms with Crippen LogP contribution < -0.4 is 0 Å². The Kier molecular flexibility index (Phi) is 5.78. The maximum atomic E-state index is 11.5. The number of carboxylic acids is 1. The first-order chi connectivity index (χ1) is 7.24. The number of hydrogen-bond acceptors (Lipinski definition) is 3. The van der Waals surface area contributed by atoms with E-state index in [1.807, 2.05) is 6.92 Å². The minimum absolute atomic E-state index is 0.0778. The Morgan fingerprint density at radius 2 is 1.94 bits per heavy atom. The van der Waals surface area contributed by atoms with Crippen molar-refractivity contribution in [2.24, 2.45) is 5.92 Å². The fourth-order valence-corrected chi connectivity index (χ4v) is 1.16. The summed E-state index contributed by atoms with van der Waals surface area (Å²) in [4.78, 5) is 21.8. The molecule has 0 aliphatic rings. The van der Waals surface area contributed by atoms with Crippen LogP contribution in [0.2, 0.25) is 0 Å². The number of esters is 1. The topological polar surface area (TPSA) is 63.6 Å². The van der Waals surface area contributed by atoms with Gasteiger partial charge in [0.1, 0.15) is 5.60 Å². The first-order valence-corrected chi connectivity index (χ1v) is 5.37. The monoisotopic (exact) mass is 228 g/mol. The minimum atomic E-state index is -0.998. The molecule has 0 saturated heterocycles. The zero-order valence-electron chi connectivity index (χ0n) is 10.3. The van der Waals surface area contributed by atoms with E-state index in [0.717, 1.165) is 6.08 Å². The van der Waals surface area contributed by atoms with E-state index in [1.165, 1.54) is 6.08 Å². The molecular formula is C12H20O4. The highest BCUT2D eigenvalue weighted by atomic mass is 16.6. The number of carboxylic acid groups (broad SMARTS) is 1. The Bertz CT molecular complexity index is 273. The van der Waals surface area contributed by atoms with E-state index in [1.54, 1.807) is 20.8 Å². The van der Waals surface area contributed by atoms with Crippen LogP contribution in [0.1, 0.15) is 40.5 Å². The SMILES string of the molecule is CC[C@@H](/C=C/C(=O)O)CC(=O)OC(C)(C)C. The van der Waals surface area contributed by atoms with Crippen LogP contribution >= 0.6 is 0 Å². The average Bonchev–Trinajstić information content (AvgIpc) is 2.08. The van der Waals surface area contributed by atoms with Gasteiger partial charge >= 0.3 is 11.9 Å². The normalized spacial score (nSPS) is 13.8. The maximum absolute atomic E-state index is 11.5. The number of carbonyl (C=O) groups is 2. The Labute approximate surface area is 96.3 Å². The smallest absolute Gasteiger partial charge is 0.327 e. The molecule has 0 fully saturated rings. The molecule has 0 aliphatic heterocycles. The van der Waals surface area contributed by atoms with Crippen LogP contribution in [0.25, 0.3) is 0 Å². The van der Waals surface area contributed by atoms with Gasteiger partial charge in [-0.2, -0.15) is 0 Å². The average molecular weight is 228 g/mol. The number of rotatable bonds is 5.